The number of aldehydes is 1. The van der Waals surface area contributed by atoms with E-state index >= 15 is 0 Å². The first-order valence-electron chi connectivity index (χ1n) is 2.34. The number of methoxy groups -OCH3 is 2. The average molecular weight is 118 g/mol. The Morgan fingerprint density at radius 3 is 2.12 bits per heavy atom. The first kappa shape index (κ1) is 7.59. The summed E-state index contributed by atoms with van der Waals surface area (Å²) in [7, 11) is 3.00. The quantitative estimate of drug-likeness (QED) is 0.390. The van der Waals surface area contributed by atoms with Crippen molar-refractivity contribution in [2.24, 2.45) is 0 Å². The zero-order valence-electron chi connectivity index (χ0n) is 5.09. The van der Waals surface area contributed by atoms with Crippen LogP contribution in [0.2, 0.25) is 0 Å². The molecule has 0 aliphatic rings. The largest absolute Gasteiger partial charge is 0.355 e. The normalized spacial score (nSPS) is 9.88. The summed E-state index contributed by atoms with van der Waals surface area (Å²) in [6.07, 6.45) is 0.692. The van der Waals surface area contributed by atoms with Crippen molar-refractivity contribution < 1.29 is 14.3 Å². The Morgan fingerprint density at radius 1 is 1.50 bits per heavy atom. The van der Waals surface area contributed by atoms with Crippen molar-refractivity contribution in [2.45, 2.75) is 12.7 Å². The van der Waals surface area contributed by atoms with Crippen LogP contribution in [0.3, 0.4) is 0 Å². The first-order chi connectivity index (χ1) is 3.85. The number of hydrogen-bond acceptors (Lipinski definition) is 3. The predicted molar refractivity (Wildman–Crippen MR) is 28.5 cm³/mol. The SMILES string of the molecule is COC(CC=O)OC. The van der Waals surface area contributed by atoms with Gasteiger partial charge >= 0.3 is 0 Å². The molecule has 0 heterocycles. The molecule has 3 nitrogen and oxygen atoms in total. The molecule has 0 spiro atoms. The van der Waals surface area contributed by atoms with Crippen molar-refractivity contribution in [2.75, 3.05) is 14.2 Å². The van der Waals surface area contributed by atoms with E-state index in [0.717, 1.165) is 6.29 Å². The van der Waals surface area contributed by atoms with Crippen molar-refractivity contribution in [3.8, 4) is 0 Å². The van der Waals surface area contributed by atoms with Gasteiger partial charge in [0.15, 0.2) is 6.29 Å². The molecule has 0 unspecified atom stereocenters. The molecule has 0 atom stereocenters. The standard InChI is InChI=1S/C5H10O3/c1-7-5(8-2)3-4-6/h4-5H,3H2,1-2H3. The third kappa shape index (κ3) is 2.71. The summed E-state index contributed by atoms with van der Waals surface area (Å²) in [5.74, 6) is 0. The van der Waals surface area contributed by atoms with Crippen LogP contribution in [-0.4, -0.2) is 26.8 Å². The molecule has 0 N–H and O–H groups in total. The number of carbonyl (C=O) groups is 1. The molecule has 0 aromatic rings. The Hall–Kier alpha value is -0.410. The number of carbonyl (C=O) groups excluding carboxylic acids is 1. The molecule has 0 bridgehead atoms. The molecular formula is C5H10O3. The maximum absolute atomic E-state index is 9.77. The topological polar surface area (TPSA) is 35.5 Å². The minimum Gasteiger partial charge on any atom is -0.355 e. The lowest BCUT2D eigenvalue weighted by molar-refractivity contribution is -0.127. The highest BCUT2D eigenvalue weighted by molar-refractivity contribution is 5.49. The minimum atomic E-state index is -0.368. The molecule has 8 heavy (non-hydrogen) atoms. The van der Waals surface area contributed by atoms with E-state index in [1.54, 1.807) is 0 Å². The average Bonchev–Trinajstić information content (AvgIpc) is 1.83. The monoisotopic (exact) mass is 118 g/mol. The second-order valence-corrected chi connectivity index (χ2v) is 1.30. The lowest BCUT2D eigenvalue weighted by Crippen LogP contribution is -2.12. The molecule has 48 valence electrons. The number of rotatable bonds is 4. The van der Waals surface area contributed by atoms with Gasteiger partial charge in [-0.05, 0) is 0 Å². The van der Waals surface area contributed by atoms with Gasteiger partial charge in [0, 0.05) is 14.2 Å². The number of ether oxygens (including phenoxy) is 2. The second-order valence-electron chi connectivity index (χ2n) is 1.30. The van der Waals surface area contributed by atoms with Gasteiger partial charge in [0.1, 0.15) is 6.29 Å². The summed E-state index contributed by atoms with van der Waals surface area (Å²) < 4.78 is 9.37. The second kappa shape index (κ2) is 4.74. The van der Waals surface area contributed by atoms with Gasteiger partial charge in [-0.3, -0.25) is 0 Å². The Labute approximate surface area is 48.6 Å². The highest BCUT2D eigenvalue weighted by Crippen LogP contribution is 1.92. The molecule has 0 saturated heterocycles. The zero-order chi connectivity index (χ0) is 6.41. The Bertz CT molecular complexity index is 58.7. The van der Waals surface area contributed by atoms with Crippen LogP contribution >= 0.6 is 0 Å². The molecule has 0 fully saturated rings. The van der Waals surface area contributed by atoms with E-state index in [4.69, 9.17) is 0 Å². The van der Waals surface area contributed by atoms with Gasteiger partial charge in [-0.2, -0.15) is 0 Å². The van der Waals surface area contributed by atoms with Gasteiger partial charge in [0.25, 0.3) is 0 Å². The summed E-state index contributed by atoms with van der Waals surface area (Å²) in [6, 6.07) is 0. The Kier molecular flexibility index (Phi) is 4.50. The van der Waals surface area contributed by atoms with Crippen LogP contribution in [0.4, 0.5) is 0 Å². The van der Waals surface area contributed by atoms with E-state index in [1.807, 2.05) is 0 Å². The molecule has 0 aromatic heterocycles. The van der Waals surface area contributed by atoms with Crippen LogP contribution in [0.5, 0.6) is 0 Å². The van der Waals surface area contributed by atoms with Crippen molar-refractivity contribution >= 4 is 6.29 Å². The van der Waals surface area contributed by atoms with Crippen LogP contribution in [-0.2, 0) is 14.3 Å². The highest BCUT2D eigenvalue weighted by Gasteiger charge is 2.00. The molecule has 0 aliphatic carbocycles. The molecule has 0 radical (unpaired) electrons. The van der Waals surface area contributed by atoms with Gasteiger partial charge in [-0.25, -0.2) is 0 Å². The van der Waals surface area contributed by atoms with Crippen molar-refractivity contribution in [3.63, 3.8) is 0 Å². The summed E-state index contributed by atoms with van der Waals surface area (Å²) in [4.78, 5) is 9.77. The zero-order valence-corrected chi connectivity index (χ0v) is 5.09. The third-order valence-corrected chi connectivity index (χ3v) is 0.814. The van der Waals surface area contributed by atoms with Crippen LogP contribution < -0.4 is 0 Å². The molecule has 0 aliphatic heterocycles. The van der Waals surface area contributed by atoms with Crippen molar-refractivity contribution in [1.82, 2.24) is 0 Å². The maximum atomic E-state index is 9.77. The third-order valence-electron chi connectivity index (χ3n) is 0.814. The fourth-order valence-corrected chi connectivity index (χ4v) is 0.367. The Morgan fingerprint density at radius 2 is 2.00 bits per heavy atom. The van der Waals surface area contributed by atoms with E-state index in [9.17, 15) is 4.79 Å². The van der Waals surface area contributed by atoms with Gasteiger partial charge in [0.05, 0.1) is 6.42 Å². The van der Waals surface area contributed by atoms with Gasteiger partial charge in [-0.1, -0.05) is 0 Å². The van der Waals surface area contributed by atoms with E-state index in [-0.39, 0.29) is 6.29 Å². The summed E-state index contributed by atoms with van der Waals surface area (Å²) >= 11 is 0. The van der Waals surface area contributed by atoms with E-state index < -0.39 is 0 Å². The summed E-state index contributed by atoms with van der Waals surface area (Å²) in [5, 5.41) is 0. The molecule has 0 amide bonds. The van der Waals surface area contributed by atoms with Crippen LogP contribution in [0, 0.1) is 0 Å². The minimum absolute atomic E-state index is 0.299. The van der Waals surface area contributed by atoms with E-state index in [0.29, 0.717) is 6.42 Å². The van der Waals surface area contributed by atoms with Gasteiger partial charge in [-0.15, -0.1) is 0 Å². The highest BCUT2D eigenvalue weighted by atomic mass is 16.7. The van der Waals surface area contributed by atoms with E-state index in [2.05, 4.69) is 9.47 Å². The van der Waals surface area contributed by atoms with Crippen LogP contribution in [0.1, 0.15) is 6.42 Å². The first-order valence-corrected chi connectivity index (χ1v) is 2.34. The molecule has 3 heteroatoms. The lowest BCUT2D eigenvalue weighted by Gasteiger charge is -2.07. The molecule has 0 rings (SSSR count). The summed E-state index contributed by atoms with van der Waals surface area (Å²) in [5.41, 5.74) is 0. The van der Waals surface area contributed by atoms with Crippen molar-refractivity contribution in [3.05, 3.63) is 0 Å². The van der Waals surface area contributed by atoms with Gasteiger partial charge in [0.2, 0.25) is 0 Å². The predicted octanol–water partition coefficient (Wildman–Crippen LogP) is 0.194. The maximum Gasteiger partial charge on any atom is 0.163 e. The lowest BCUT2D eigenvalue weighted by atomic mass is 10.5. The smallest absolute Gasteiger partial charge is 0.163 e. The fraction of sp³-hybridized carbons (Fsp3) is 0.800. The van der Waals surface area contributed by atoms with E-state index in [1.165, 1.54) is 14.2 Å². The number of hydrogen-bond donors (Lipinski definition) is 0. The van der Waals surface area contributed by atoms with Crippen LogP contribution in [0.15, 0.2) is 0 Å². The van der Waals surface area contributed by atoms with Crippen molar-refractivity contribution in [1.29, 1.82) is 0 Å². The molecular weight excluding hydrogens is 108 g/mol. The summed E-state index contributed by atoms with van der Waals surface area (Å²) in [6.45, 7) is 0. The Balaban J connectivity index is 3.20. The molecule has 0 aromatic carbocycles. The van der Waals surface area contributed by atoms with Crippen LogP contribution in [0.25, 0.3) is 0 Å². The molecule has 0 saturated carbocycles. The van der Waals surface area contributed by atoms with Gasteiger partial charge < -0.3 is 14.3 Å². The fourth-order valence-electron chi connectivity index (χ4n) is 0.367.